The molecule has 0 radical (unpaired) electrons. The second kappa shape index (κ2) is 7.11. The first-order valence-corrected chi connectivity index (χ1v) is 10.6. The van der Waals surface area contributed by atoms with Crippen molar-refractivity contribution in [1.82, 2.24) is 20.2 Å². The van der Waals surface area contributed by atoms with Crippen molar-refractivity contribution in [2.24, 2.45) is 0 Å². The fourth-order valence-corrected chi connectivity index (χ4v) is 4.59. The SMILES string of the molecule is Cc1ccc(S(=O)(=O)Cn2nnnc2CN2CCCc3ccccc32)cc1. The van der Waals surface area contributed by atoms with E-state index in [9.17, 15) is 8.42 Å². The molecule has 1 aliphatic heterocycles. The highest BCUT2D eigenvalue weighted by Crippen LogP contribution is 2.27. The van der Waals surface area contributed by atoms with Crippen LogP contribution >= 0.6 is 0 Å². The van der Waals surface area contributed by atoms with Crippen LogP contribution in [0.15, 0.2) is 53.4 Å². The average Bonchev–Trinajstić information content (AvgIpc) is 3.08. The third-order valence-electron chi connectivity index (χ3n) is 4.82. The Kier molecular flexibility index (Phi) is 4.65. The number of hydrogen-bond donors (Lipinski definition) is 0. The van der Waals surface area contributed by atoms with Gasteiger partial charge in [-0.25, -0.2) is 13.1 Å². The molecule has 2 aromatic carbocycles. The zero-order valence-electron chi connectivity index (χ0n) is 15.1. The minimum absolute atomic E-state index is 0.270. The Hall–Kier alpha value is -2.74. The molecule has 0 bridgehead atoms. The summed E-state index contributed by atoms with van der Waals surface area (Å²) >= 11 is 0. The molecule has 0 amide bonds. The third-order valence-corrected chi connectivity index (χ3v) is 6.39. The van der Waals surface area contributed by atoms with Gasteiger partial charge in [-0.1, -0.05) is 35.9 Å². The van der Waals surface area contributed by atoms with E-state index in [-0.39, 0.29) is 10.8 Å². The standard InChI is InChI=1S/C19H21N5O2S/c1-15-8-10-17(11-9-15)27(25,26)14-24-19(20-21-22-24)13-23-12-4-6-16-5-2-3-7-18(16)23/h2-3,5,7-11H,4,6,12-14H2,1H3. The molecule has 8 heteroatoms. The van der Waals surface area contributed by atoms with Crippen molar-refractivity contribution in [3.05, 3.63) is 65.5 Å². The van der Waals surface area contributed by atoms with Gasteiger partial charge >= 0.3 is 0 Å². The van der Waals surface area contributed by atoms with Gasteiger partial charge in [0.1, 0.15) is 0 Å². The summed E-state index contributed by atoms with van der Waals surface area (Å²) in [6, 6.07) is 15.1. The van der Waals surface area contributed by atoms with Crippen LogP contribution in [0.2, 0.25) is 0 Å². The van der Waals surface area contributed by atoms with Gasteiger partial charge in [-0.15, -0.1) is 5.10 Å². The van der Waals surface area contributed by atoms with Crippen LogP contribution in [0, 0.1) is 6.92 Å². The van der Waals surface area contributed by atoms with Gasteiger partial charge < -0.3 is 4.90 Å². The van der Waals surface area contributed by atoms with E-state index in [4.69, 9.17) is 0 Å². The van der Waals surface area contributed by atoms with Gasteiger partial charge in [0.05, 0.1) is 11.4 Å². The molecule has 4 rings (SSSR count). The van der Waals surface area contributed by atoms with Gasteiger partial charge in [-0.2, -0.15) is 0 Å². The number of rotatable bonds is 5. The maximum atomic E-state index is 12.7. The highest BCUT2D eigenvalue weighted by atomic mass is 32.2. The van der Waals surface area contributed by atoms with E-state index in [2.05, 4.69) is 32.6 Å². The molecule has 0 atom stereocenters. The smallest absolute Gasteiger partial charge is 0.198 e. The predicted molar refractivity (Wildman–Crippen MR) is 102 cm³/mol. The molecule has 27 heavy (non-hydrogen) atoms. The lowest BCUT2D eigenvalue weighted by Crippen LogP contribution is -2.30. The van der Waals surface area contributed by atoms with Crippen LogP contribution in [0.5, 0.6) is 0 Å². The van der Waals surface area contributed by atoms with E-state index in [0.717, 1.165) is 24.9 Å². The topological polar surface area (TPSA) is 81.0 Å². The molecule has 0 aliphatic carbocycles. The van der Waals surface area contributed by atoms with Crippen molar-refractivity contribution >= 4 is 15.5 Å². The number of hydrogen-bond acceptors (Lipinski definition) is 6. The Morgan fingerprint density at radius 1 is 1.07 bits per heavy atom. The van der Waals surface area contributed by atoms with Crippen molar-refractivity contribution in [2.75, 3.05) is 11.4 Å². The van der Waals surface area contributed by atoms with Crippen molar-refractivity contribution < 1.29 is 8.42 Å². The Bertz CT molecular complexity index is 1040. The Balaban J connectivity index is 1.56. The van der Waals surface area contributed by atoms with Gasteiger partial charge in [0.25, 0.3) is 0 Å². The van der Waals surface area contributed by atoms with Crippen molar-refractivity contribution in [3.63, 3.8) is 0 Å². The summed E-state index contributed by atoms with van der Waals surface area (Å²) in [5, 5.41) is 11.7. The largest absolute Gasteiger partial charge is 0.364 e. The van der Waals surface area contributed by atoms with Crippen molar-refractivity contribution in [3.8, 4) is 0 Å². The summed E-state index contributed by atoms with van der Waals surface area (Å²) in [4.78, 5) is 2.48. The molecule has 7 nitrogen and oxygen atoms in total. The van der Waals surface area contributed by atoms with Gasteiger partial charge in [-0.05, 0) is 54.0 Å². The summed E-state index contributed by atoms with van der Waals surface area (Å²) < 4.78 is 26.8. The van der Waals surface area contributed by atoms with Crippen LogP contribution in [0.4, 0.5) is 5.69 Å². The maximum absolute atomic E-state index is 12.7. The van der Waals surface area contributed by atoms with E-state index in [1.807, 2.05) is 19.1 Å². The molecule has 0 spiro atoms. The highest BCUT2D eigenvalue weighted by Gasteiger charge is 2.22. The zero-order chi connectivity index (χ0) is 18.9. The lowest BCUT2D eigenvalue weighted by molar-refractivity contribution is 0.560. The average molecular weight is 383 g/mol. The van der Waals surface area contributed by atoms with Crippen LogP contribution in [-0.2, 0) is 28.7 Å². The summed E-state index contributed by atoms with van der Waals surface area (Å²) in [6.45, 7) is 3.30. The molecule has 0 saturated heterocycles. The second-order valence-electron chi connectivity index (χ2n) is 6.81. The van der Waals surface area contributed by atoms with E-state index >= 15 is 0 Å². The molecule has 0 N–H and O–H groups in total. The first-order chi connectivity index (χ1) is 13.0. The highest BCUT2D eigenvalue weighted by molar-refractivity contribution is 7.90. The summed E-state index contributed by atoms with van der Waals surface area (Å²) in [6.07, 6.45) is 2.11. The molecule has 0 saturated carbocycles. The van der Waals surface area contributed by atoms with E-state index in [1.54, 1.807) is 24.3 Å². The summed E-state index contributed by atoms with van der Waals surface area (Å²) in [5.74, 6) is 0.274. The van der Waals surface area contributed by atoms with Crippen LogP contribution < -0.4 is 4.90 Å². The first kappa shape index (κ1) is 17.7. The first-order valence-electron chi connectivity index (χ1n) is 8.90. The lowest BCUT2D eigenvalue weighted by Gasteiger charge is -2.30. The quantitative estimate of drug-likeness (QED) is 0.673. The van der Waals surface area contributed by atoms with E-state index < -0.39 is 9.84 Å². The number of anilines is 1. The lowest BCUT2D eigenvalue weighted by atomic mass is 10.0. The minimum Gasteiger partial charge on any atom is -0.364 e. The molecule has 0 unspecified atom stereocenters. The molecule has 2 heterocycles. The number of fused-ring (bicyclic) bond motifs is 1. The zero-order valence-corrected chi connectivity index (χ0v) is 15.9. The van der Waals surface area contributed by atoms with Gasteiger partial charge in [0, 0.05) is 12.2 Å². The Morgan fingerprint density at radius 3 is 2.67 bits per heavy atom. The number of sulfone groups is 1. The fraction of sp³-hybridized carbons (Fsp3) is 0.316. The molecule has 3 aromatic rings. The molecule has 140 valence electrons. The minimum atomic E-state index is -3.52. The van der Waals surface area contributed by atoms with Crippen molar-refractivity contribution in [2.45, 2.75) is 37.1 Å². The van der Waals surface area contributed by atoms with Gasteiger partial charge in [-0.3, -0.25) is 0 Å². The van der Waals surface area contributed by atoms with Gasteiger partial charge in [0.2, 0.25) is 0 Å². The molecular formula is C19H21N5O2S. The Labute approximate surface area is 158 Å². The Morgan fingerprint density at radius 2 is 1.85 bits per heavy atom. The third kappa shape index (κ3) is 3.71. The number of para-hydroxylation sites is 1. The number of aryl methyl sites for hydroxylation is 2. The van der Waals surface area contributed by atoms with Crippen LogP contribution in [0.1, 0.15) is 23.4 Å². The summed E-state index contributed by atoms with van der Waals surface area (Å²) in [7, 11) is -3.52. The summed E-state index contributed by atoms with van der Waals surface area (Å²) in [5.41, 5.74) is 3.48. The number of nitrogens with zero attached hydrogens (tertiary/aromatic N) is 5. The van der Waals surface area contributed by atoms with E-state index in [0.29, 0.717) is 12.4 Å². The van der Waals surface area contributed by atoms with Gasteiger partial charge in [0.15, 0.2) is 21.5 Å². The van der Waals surface area contributed by atoms with Crippen LogP contribution in [-0.4, -0.2) is 35.2 Å². The molecule has 1 aliphatic rings. The molecule has 1 aromatic heterocycles. The maximum Gasteiger partial charge on any atom is 0.198 e. The predicted octanol–water partition coefficient (Wildman–Crippen LogP) is 2.37. The number of benzene rings is 2. The second-order valence-corrected chi connectivity index (χ2v) is 8.76. The van der Waals surface area contributed by atoms with E-state index in [1.165, 1.54) is 15.9 Å². The number of aromatic nitrogens is 4. The monoisotopic (exact) mass is 383 g/mol. The van der Waals surface area contributed by atoms with Crippen LogP contribution in [0.3, 0.4) is 0 Å². The fourth-order valence-electron chi connectivity index (χ4n) is 3.36. The van der Waals surface area contributed by atoms with Crippen LogP contribution in [0.25, 0.3) is 0 Å². The number of tetrazole rings is 1. The molecular weight excluding hydrogens is 362 g/mol. The van der Waals surface area contributed by atoms with Crippen molar-refractivity contribution in [1.29, 1.82) is 0 Å². The normalized spacial score (nSPS) is 14.2. The molecule has 0 fully saturated rings.